The molecule has 1 heterocycles. The Morgan fingerprint density at radius 3 is 2.61 bits per heavy atom. The molecule has 2 aromatic carbocycles. The summed E-state index contributed by atoms with van der Waals surface area (Å²) in [6, 6.07) is 19.9. The average Bonchev–Trinajstić information content (AvgIpc) is 2.55. The molecule has 0 aliphatic rings. The summed E-state index contributed by atoms with van der Waals surface area (Å²) in [5.41, 5.74) is 4.03. The Balaban J connectivity index is 2.11. The molecule has 0 atom stereocenters. The molecule has 0 saturated carbocycles. The van der Waals surface area contributed by atoms with E-state index in [1.165, 1.54) is 11.3 Å². The smallest absolute Gasteiger partial charge is 0.189 e. The summed E-state index contributed by atoms with van der Waals surface area (Å²) in [7, 11) is 0. The van der Waals surface area contributed by atoms with Gasteiger partial charge >= 0.3 is 0 Å². The molecule has 0 aliphatic carbocycles. The maximum Gasteiger partial charge on any atom is 0.189 e. The molecule has 0 fully saturated rings. The fourth-order valence-corrected chi connectivity index (χ4v) is 3.32. The van der Waals surface area contributed by atoms with E-state index in [1.54, 1.807) is 0 Å². The van der Waals surface area contributed by atoms with Gasteiger partial charge in [-0.1, -0.05) is 65.5 Å². The predicted molar refractivity (Wildman–Crippen MR) is 97.6 cm³/mol. The largest absolute Gasteiger partial charge is 0.332 e. The number of nitrogens with one attached hydrogen (secondary N) is 1. The van der Waals surface area contributed by atoms with Crippen LogP contribution < -0.4 is 5.32 Å². The van der Waals surface area contributed by atoms with Gasteiger partial charge in [-0.25, -0.2) is 4.98 Å². The van der Waals surface area contributed by atoms with E-state index < -0.39 is 0 Å². The predicted octanol–water partition coefficient (Wildman–Crippen LogP) is 5.46. The van der Waals surface area contributed by atoms with Crippen LogP contribution in [0.5, 0.6) is 0 Å². The van der Waals surface area contributed by atoms with Gasteiger partial charge < -0.3 is 5.32 Å². The molecular formula is C18H13N3S2. The van der Waals surface area contributed by atoms with E-state index in [9.17, 15) is 5.26 Å². The Morgan fingerprint density at radius 2 is 1.91 bits per heavy atom. The first-order valence-corrected chi connectivity index (χ1v) is 8.24. The summed E-state index contributed by atoms with van der Waals surface area (Å²) < 4.78 is 0.539. The summed E-state index contributed by atoms with van der Waals surface area (Å²) in [4.78, 5) is 4.63. The third kappa shape index (κ3) is 3.45. The second kappa shape index (κ2) is 6.69. The molecule has 5 heteroatoms. The minimum Gasteiger partial charge on any atom is -0.332 e. The van der Waals surface area contributed by atoms with Crippen molar-refractivity contribution in [1.29, 1.82) is 5.26 Å². The van der Waals surface area contributed by atoms with Crippen LogP contribution in [0.15, 0.2) is 54.6 Å². The van der Waals surface area contributed by atoms with Gasteiger partial charge in [-0.2, -0.15) is 5.26 Å². The zero-order chi connectivity index (χ0) is 16.2. The highest BCUT2D eigenvalue weighted by molar-refractivity contribution is 7.73. The number of nitriles is 1. The highest BCUT2D eigenvalue weighted by Crippen LogP contribution is 2.29. The average molecular weight is 335 g/mol. The molecule has 3 aromatic rings. The molecule has 0 radical (unpaired) electrons. The van der Waals surface area contributed by atoms with Crippen LogP contribution in [0.2, 0.25) is 0 Å². The third-order valence-electron chi connectivity index (χ3n) is 3.27. The van der Waals surface area contributed by atoms with Crippen LogP contribution in [-0.4, -0.2) is 4.98 Å². The number of aryl methyl sites for hydroxylation is 1. The second-order valence-corrected chi connectivity index (χ2v) is 6.67. The van der Waals surface area contributed by atoms with Crippen molar-refractivity contribution in [2.75, 3.05) is 5.32 Å². The lowest BCUT2D eigenvalue weighted by Gasteiger charge is -2.09. The van der Waals surface area contributed by atoms with E-state index in [0.29, 0.717) is 20.2 Å². The van der Waals surface area contributed by atoms with Crippen LogP contribution in [0.1, 0.15) is 11.1 Å². The lowest BCUT2D eigenvalue weighted by molar-refractivity contribution is 1.32. The molecule has 0 unspecified atom stereocenters. The number of benzene rings is 2. The Morgan fingerprint density at radius 1 is 1.13 bits per heavy atom. The summed E-state index contributed by atoms with van der Waals surface area (Å²) in [6.07, 6.45) is 0. The SMILES string of the molecule is Cc1cccc(-c2nc(Nc3ccccc3)sc(=S)c2C#N)c1. The minimum atomic E-state index is 0.453. The molecule has 3 rings (SSSR count). The molecule has 23 heavy (non-hydrogen) atoms. The minimum absolute atomic E-state index is 0.453. The van der Waals surface area contributed by atoms with Crippen molar-refractivity contribution in [3.05, 3.63) is 69.5 Å². The van der Waals surface area contributed by atoms with E-state index >= 15 is 0 Å². The van der Waals surface area contributed by atoms with Gasteiger partial charge in [-0.15, -0.1) is 0 Å². The number of rotatable bonds is 3. The van der Waals surface area contributed by atoms with E-state index in [0.717, 1.165) is 16.8 Å². The van der Waals surface area contributed by atoms with E-state index in [1.807, 2.05) is 61.5 Å². The normalized spacial score (nSPS) is 10.1. The van der Waals surface area contributed by atoms with Crippen LogP contribution >= 0.6 is 23.6 Å². The Kier molecular flexibility index (Phi) is 4.47. The third-order valence-corrected chi connectivity index (χ3v) is 4.50. The highest BCUT2D eigenvalue weighted by Gasteiger charge is 2.12. The van der Waals surface area contributed by atoms with Crippen molar-refractivity contribution in [1.82, 2.24) is 4.98 Å². The lowest BCUT2D eigenvalue weighted by Crippen LogP contribution is -1.96. The van der Waals surface area contributed by atoms with E-state index in [2.05, 4.69) is 16.4 Å². The molecular weight excluding hydrogens is 322 g/mol. The molecule has 1 aromatic heterocycles. The van der Waals surface area contributed by atoms with Crippen LogP contribution in [0, 0.1) is 22.1 Å². The fourth-order valence-electron chi connectivity index (χ4n) is 2.21. The quantitative estimate of drug-likeness (QED) is 0.645. The highest BCUT2D eigenvalue weighted by atomic mass is 32.1. The number of hydrogen-bond donors (Lipinski definition) is 1. The van der Waals surface area contributed by atoms with Gasteiger partial charge in [0.25, 0.3) is 0 Å². The Hall–Kier alpha value is -2.55. The van der Waals surface area contributed by atoms with Gasteiger partial charge in [0.1, 0.15) is 15.5 Å². The summed E-state index contributed by atoms with van der Waals surface area (Å²) >= 11 is 6.70. The van der Waals surface area contributed by atoms with Gasteiger partial charge in [-0.05, 0) is 25.1 Å². The van der Waals surface area contributed by atoms with Crippen LogP contribution in [0.25, 0.3) is 11.3 Å². The first kappa shape index (κ1) is 15.3. The topological polar surface area (TPSA) is 48.7 Å². The van der Waals surface area contributed by atoms with Crippen LogP contribution in [0.3, 0.4) is 0 Å². The first-order chi connectivity index (χ1) is 11.2. The summed E-state index contributed by atoms with van der Waals surface area (Å²) in [5, 5.41) is 13.4. The van der Waals surface area contributed by atoms with Crippen molar-refractivity contribution < 1.29 is 0 Å². The first-order valence-electron chi connectivity index (χ1n) is 7.02. The summed E-state index contributed by atoms with van der Waals surface area (Å²) in [5.74, 6) is 0. The number of nitrogens with zero attached hydrogens (tertiary/aromatic N) is 2. The van der Waals surface area contributed by atoms with Gasteiger partial charge in [-0.3, -0.25) is 0 Å². The zero-order valence-electron chi connectivity index (χ0n) is 12.4. The number of aromatic nitrogens is 1. The molecule has 0 saturated heterocycles. The van der Waals surface area contributed by atoms with Crippen LogP contribution in [-0.2, 0) is 0 Å². The van der Waals surface area contributed by atoms with Crippen LogP contribution in [0.4, 0.5) is 10.8 Å². The lowest BCUT2D eigenvalue weighted by atomic mass is 10.1. The molecule has 0 amide bonds. The van der Waals surface area contributed by atoms with Crippen molar-refractivity contribution in [3.8, 4) is 17.3 Å². The van der Waals surface area contributed by atoms with Gasteiger partial charge in [0.05, 0.1) is 5.69 Å². The van der Waals surface area contributed by atoms with E-state index in [-0.39, 0.29) is 0 Å². The zero-order valence-corrected chi connectivity index (χ0v) is 14.0. The molecule has 112 valence electrons. The number of anilines is 2. The van der Waals surface area contributed by atoms with E-state index in [4.69, 9.17) is 12.2 Å². The van der Waals surface area contributed by atoms with Gasteiger partial charge in [0.2, 0.25) is 0 Å². The number of para-hydroxylation sites is 1. The van der Waals surface area contributed by atoms with Crippen molar-refractivity contribution in [2.24, 2.45) is 0 Å². The Labute approximate surface area is 143 Å². The van der Waals surface area contributed by atoms with Gasteiger partial charge in [0.15, 0.2) is 5.13 Å². The molecule has 0 bridgehead atoms. The Bertz CT molecular complexity index is 940. The molecule has 0 spiro atoms. The van der Waals surface area contributed by atoms with Gasteiger partial charge in [0, 0.05) is 11.3 Å². The maximum atomic E-state index is 9.44. The fraction of sp³-hybridized carbons (Fsp3) is 0.0556. The maximum absolute atomic E-state index is 9.44. The van der Waals surface area contributed by atoms with Crippen molar-refractivity contribution >= 4 is 34.4 Å². The molecule has 0 aliphatic heterocycles. The molecule has 1 N–H and O–H groups in total. The number of hydrogen-bond acceptors (Lipinski definition) is 5. The second-order valence-electron chi connectivity index (χ2n) is 5.00. The van der Waals surface area contributed by atoms with Crippen molar-refractivity contribution in [2.45, 2.75) is 6.92 Å². The summed E-state index contributed by atoms with van der Waals surface area (Å²) in [6.45, 7) is 2.01. The standard InChI is InChI=1S/C18H13N3S2/c1-12-6-5-7-13(10-12)16-15(11-19)17(22)23-18(21-16)20-14-8-3-2-4-9-14/h2-10H,1H3,(H,20,21). The monoisotopic (exact) mass is 335 g/mol. The van der Waals surface area contributed by atoms with Crippen molar-refractivity contribution in [3.63, 3.8) is 0 Å². The molecule has 3 nitrogen and oxygen atoms in total.